The lowest BCUT2D eigenvalue weighted by atomic mass is 9.52. The van der Waals surface area contributed by atoms with Crippen LogP contribution in [0, 0.1) is 0 Å². The van der Waals surface area contributed by atoms with E-state index in [-0.39, 0.29) is 0 Å². The molecule has 2 aromatic rings. The Morgan fingerprint density at radius 1 is 0.356 bits per heavy atom. The molecule has 45 heavy (non-hydrogen) atoms. The van der Waals surface area contributed by atoms with Gasteiger partial charge in [0.2, 0.25) is 0 Å². The van der Waals surface area contributed by atoms with Crippen molar-refractivity contribution in [1.29, 1.82) is 0 Å². The third-order valence-corrected chi connectivity index (χ3v) is 12.4. The van der Waals surface area contributed by atoms with Crippen LogP contribution in [0.3, 0.4) is 0 Å². The van der Waals surface area contributed by atoms with Crippen LogP contribution in [0.2, 0.25) is 0 Å². The van der Waals surface area contributed by atoms with E-state index in [1.807, 2.05) is 0 Å². The lowest BCUT2D eigenvalue weighted by Gasteiger charge is -2.41. The van der Waals surface area contributed by atoms with Crippen molar-refractivity contribution in [1.82, 2.24) is 0 Å². The van der Waals surface area contributed by atoms with Crippen molar-refractivity contribution in [2.75, 3.05) is 0 Å². The van der Waals surface area contributed by atoms with Crippen LogP contribution in [0.25, 0.3) is 11.1 Å². The van der Waals surface area contributed by atoms with Crippen molar-refractivity contribution >= 4 is 169 Å². The quantitative estimate of drug-likeness (QED) is 0.324. The van der Waals surface area contributed by atoms with Crippen molar-refractivity contribution in [2.45, 2.75) is 33.1 Å². The van der Waals surface area contributed by atoms with E-state index in [1.54, 1.807) is 0 Å². The van der Waals surface area contributed by atoms with Gasteiger partial charge in [-0.05, 0) is 44.5 Å². The van der Waals surface area contributed by atoms with Crippen molar-refractivity contribution in [3.8, 4) is 11.1 Å². The van der Waals surface area contributed by atoms with Gasteiger partial charge in [0.15, 0.2) is 0 Å². The molecule has 1 spiro atoms. The fourth-order valence-electron chi connectivity index (χ4n) is 8.25. The molecule has 2 aliphatic carbocycles. The first-order chi connectivity index (χ1) is 20.7. The fourth-order valence-corrected chi connectivity index (χ4v) is 8.25. The van der Waals surface area contributed by atoms with Crippen LogP contribution >= 0.6 is 0 Å². The van der Waals surface area contributed by atoms with Crippen molar-refractivity contribution in [3.05, 3.63) is 77.2 Å². The number of hydrogen-bond acceptors (Lipinski definition) is 0. The summed E-state index contributed by atoms with van der Waals surface area (Å²) in [5.74, 6) is 0. The summed E-state index contributed by atoms with van der Waals surface area (Å²) < 4.78 is 0. The summed E-state index contributed by atoms with van der Waals surface area (Å²) in [5.41, 5.74) is 34.2. The standard InChI is InChI=1S/C29H44B16/c1-5(30)17(34)9-10(18(35)6(2)31)14(20(37)8(4)33)29(13(9)19(36)7(3)32)15-11(21(38)25(42)27(44)23(15)40)12-16(29)24(41)28(45)26(43)22(12)39/h30-45H2,1-4H3/b17-5-,18-6-,19-7-,20-8-. The molecule has 0 nitrogen and oxygen atoms in total. The van der Waals surface area contributed by atoms with E-state index >= 15 is 0 Å². The average molecular weight is 566 g/mol. The summed E-state index contributed by atoms with van der Waals surface area (Å²) in [6.45, 7) is 9.24. The van der Waals surface area contributed by atoms with Crippen molar-refractivity contribution in [3.63, 3.8) is 0 Å². The number of fused-ring (bicyclic) bond motifs is 5. The zero-order valence-corrected chi connectivity index (χ0v) is 32.5. The molecule has 16 heteroatoms. The second-order valence-corrected chi connectivity index (χ2v) is 15.2. The molecule has 0 bridgehead atoms. The molecule has 0 N–H and O–H groups in total. The van der Waals surface area contributed by atoms with E-state index in [0.717, 1.165) is 0 Å². The molecule has 0 aliphatic heterocycles. The normalized spacial score (nSPS) is 17.5. The van der Waals surface area contributed by atoms with E-state index in [0.29, 0.717) is 0 Å². The maximum absolute atomic E-state index is 2.42. The fraction of sp³-hybridized carbons (Fsp3) is 0.172. The molecule has 2 aromatic carbocycles. The minimum absolute atomic E-state index is 0.425. The zero-order chi connectivity index (χ0) is 34.4. The predicted molar refractivity (Wildman–Crippen MR) is 251 cm³/mol. The highest BCUT2D eigenvalue weighted by molar-refractivity contribution is 6.67. The highest BCUT2D eigenvalue weighted by Crippen LogP contribution is 2.63. The predicted octanol–water partition coefficient (Wildman–Crippen LogP) is -14.4. The highest BCUT2D eigenvalue weighted by Gasteiger charge is 2.57. The Bertz CT molecular complexity index is 1780. The van der Waals surface area contributed by atoms with Gasteiger partial charge in [-0.15, -0.1) is 43.7 Å². The summed E-state index contributed by atoms with van der Waals surface area (Å²) in [6.07, 6.45) is 0. The van der Waals surface area contributed by atoms with Gasteiger partial charge in [0.05, 0.1) is 5.41 Å². The van der Waals surface area contributed by atoms with Crippen molar-refractivity contribution < 1.29 is 0 Å². The Labute approximate surface area is 289 Å². The van der Waals surface area contributed by atoms with Gasteiger partial charge < -0.3 is 0 Å². The molecule has 208 valence electrons. The van der Waals surface area contributed by atoms with Crippen LogP contribution in [0.15, 0.2) is 66.1 Å². The number of hydrogen-bond donors (Lipinski definition) is 0. The summed E-state index contributed by atoms with van der Waals surface area (Å²) in [7, 11) is 37.8. The third-order valence-electron chi connectivity index (χ3n) is 12.4. The topological polar surface area (TPSA) is 0 Å². The summed E-state index contributed by atoms with van der Waals surface area (Å²) in [6, 6.07) is 0. The maximum Gasteiger partial charge on any atom is 0.139 e. The monoisotopic (exact) mass is 568 g/mol. The van der Waals surface area contributed by atoms with Crippen LogP contribution in [0.4, 0.5) is 0 Å². The minimum atomic E-state index is -0.425. The molecular weight excluding hydrogens is 521 g/mol. The van der Waals surface area contributed by atoms with Crippen LogP contribution in [-0.2, 0) is 5.41 Å². The molecule has 0 heterocycles. The molecule has 4 rings (SSSR count). The number of benzene rings is 2. The van der Waals surface area contributed by atoms with Gasteiger partial charge >= 0.3 is 0 Å². The molecule has 0 aromatic heterocycles. The van der Waals surface area contributed by atoms with Gasteiger partial charge in [0.1, 0.15) is 126 Å². The molecule has 0 fully saturated rings. The molecule has 0 saturated carbocycles. The van der Waals surface area contributed by atoms with Crippen LogP contribution < -0.4 is 43.7 Å². The van der Waals surface area contributed by atoms with E-state index < -0.39 is 5.41 Å². The molecule has 2 aliphatic rings. The second kappa shape index (κ2) is 12.2. The van der Waals surface area contributed by atoms with Gasteiger partial charge in [-0.2, -0.15) is 0 Å². The lowest BCUT2D eigenvalue weighted by Crippen LogP contribution is -2.53. The summed E-state index contributed by atoms with van der Waals surface area (Å²) in [4.78, 5) is 0. The van der Waals surface area contributed by atoms with Crippen LogP contribution in [0.5, 0.6) is 0 Å². The third kappa shape index (κ3) is 4.80. The molecule has 0 amide bonds. The zero-order valence-electron chi connectivity index (χ0n) is 32.5. The Kier molecular flexibility index (Phi) is 9.68. The van der Waals surface area contributed by atoms with Gasteiger partial charge in [0.25, 0.3) is 0 Å². The van der Waals surface area contributed by atoms with Crippen molar-refractivity contribution in [2.24, 2.45) is 0 Å². The average Bonchev–Trinajstić information content (AvgIpc) is 3.45. The number of rotatable bonds is 4. The summed E-state index contributed by atoms with van der Waals surface area (Å²) >= 11 is 0. The Morgan fingerprint density at radius 3 is 0.844 bits per heavy atom. The lowest BCUT2D eigenvalue weighted by molar-refractivity contribution is 0.781. The Morgan fingerprint density at radius 2 is 0.600 bits per heavy atom. The molecular formula is C29H44B16. The van der Waals surface area contributed by atoms with Gasteiger partial charge in [-0.25, -0.2) is 0 Å². The SMILES string of the molecule is B/C(C)=C(\B)C1=C(/C(B)=C(/B)C)C2(C(C(/B)=C(/B)C)=C1/C(B)=C(/B)C)c1c(B)c(B)c(B)c(B)c1-c1c(B)c(B)c(B)c(B)c12. The van der Waals surface area contributed by atoms with E-state index in [9.17, 15) is 0 Å². The Balaban J connectivity index is 2.70. The van der Waals surface area contributed by atoms with Gasteiger partial charge in [0, 0.05) is 0 Å². The first-order valence-corrected chi connectivity index (χ1v) is 17.0. The number of allylic oxidation sites excluding steroid dienone is 12. The van der Waals surface area contributed by atoms with Gasteiger partial charge in [-0.1, -0.05) is 71.4 Å². The maximum atomic E-state index is 2.42. The largest absolute Gasteiger partial charge is 0.139 e. The molecule has 0 atom stereocenters. The minimum Gasteiger partial charge on any atom is -0.119 e. The first kappa shape index (κ1) is 35.8. The van der Waals surface area contributed by atoms with E-state index in [4.69, 9.17) is 0 Å². The molecule has 0 radical (unpaired) electrons. The second-order valence-electron chi connectivity index (χ2n) is 15.2. The Hall–Kier alpha value is -2.08. The van der Waals surface area contributed by atoms with Crippen LogP contribution in [0.1, 0.15) is 38.8 Å². The van der Waals surface area contributed by atoms with Gasteiger partial charge in [-0.3, -0.25) is 0 Å². The van der Waals surface area contributed by atoms with E-state index in [1.165, 1.54) is 132 Å². The van der Waals surface area contributed by atoms with E-state index in [2.05, 4.69) is 153 Å². The smallest absolute Gasteiger partial charge is 0.119 e. The summed E-state index contributed by atoms with van der Waals surface area (Å²) in [5, 5.41) is 0. The van der Waals surface area contributed by atoms with Crippen LogP contribution in [-0.4, -0.2) is 126 Å². The molecule has 0 saturated heterocycles. The highest BCUT2D eigenvalue weighted by atomic mass is 14.6. The molecule has 0 unspecified atom stereocenters. The first-order valence-electron chi connectivity index (χ1n) is 17.0.